The Morgan fingerprint density at radius 3 is 2.57 bits per heavy atom. The first-order chi connectivity index (χ1) is 13.5. The van der Waals surface area contributed by atoms with Crippen LogP contribution in [0.5, 0.6) is 23.0 Å². The molecule has 0 bridgehead atoms. The number of fused-ring (bicyclic) bond motifs is 1. The van der Waals surface area contributed by atoms with Crippen molar-refractivity contribution in [3.05, 3.63) is 52.1 Å². The largest absolute Gasteiger partial charge is 0.493 e. The highest BCUT2D eigenvalue weighted by atomic mass is 16.6. The number of carbonyl (C=O) groups is 1. The van der Waals surface area contributed by atoms with E-state index >= 15 is 0 Å². The number of hydrogen-bond acceptors (Lipinski definition) is 7. The smallest absolute Gasteiger partial charge is 0.276 e. The van der Waals surface area contributed by atoms with Gasteiger partial charge < -0.3 is 24.3 Å². The molecule has 9 heteroatoms. The lowest BCUT2D eigenvalue weighted by Gasteiger charge is -2.25. The number of benzene rings is 2. The van der Waals surface area contributed by atoms with Crippen LogP contribution in [-0.4, -0.2) is 44.3 Å². The number of nitro groups is 1. The Balaban J connectivity index is 1.63. The van der Waals surface area contributed by atoms with E-state index in [0.29, 0.717) is 22.8 Å². The molecule has 1 aliphatic heterocycles. The maximum Gasteiger partial charge on any atom is 0.276 e. The molecule has 9 nitrogen and oxygen atoms in total. The molecule has 0 unspecified atom stereocenters. The highest BCUT2D eigenvalue weighted by Crippen LogP contribution is 2.34. The van der Waals surface area contributed by atoms with Crippen molar-refractivity contribution in [2.75, 3.05) is 27.4 Å². The van der Waals surface area contributed by atoms with Gasteiger partial charge in [0.2, 0.25) is 6.10 Å². The molecule has 0 aromatic heterocycles. The second-order valence-electron chi connectivity index (χ2n) is 6.00. The second kappa shape index (κ2) is 8.47. The van der Waals surface area contributed by atoms with Gasteiger partial charge in [0.1, 0.15) is 6.61 Å². The van der Waals surface area contributed by atoms with Gasteiger partial charge in [0.25, 0.3) is 11.6 Å². The third-order valence-electron chi connectivity index (χ3n) is 4.28. The maximum atomic E-state index is 12.3. The first-order valence-corrected chi connectivity index (χ1v) is 8.59. The Labute approximate surface area is 161 Å². The SMILES string of the molecule is COc1cc(CCNC(=O)[C@@H]2COc3ccccc3O2)c([N+](=O)[O-])cc1OC. The van der Waals surface area contributed by atoms with Crippen molar-refractivity contribution >= 4 is 11.6 Å². The van der Waals surface area contributed by atoms with Gasteiger partial charge >= 0.3 is 0 Å². The van der Waals surface area contributed by atoms with Gasteiger partial charge in [-0.3, -0.25) is 14.9 Å². The molecule has 1 amide bonds. The summed E-state index contributed by atoms with van der Waals surface area (Å²) >= 11 is 0. The molecule has 2 aromatic rings. The number of carbonyl (C=O) groups excluding carboxylic acids is 1. The minimum Gasteiger partial charge on any atom is -0.493 e. The highest BCUT2D eigenvalue weighted by Gasteiger charge is 2.27. The van der Waals surface area contributed by atoms with Gasteiger partial charge in [-0.25, -0.2) is 0 Å². The summed E-state index contributed by atoms with van der Waals surface area (Å²) in [4.78, 5) is 23.2. The summed E-state index contributed by atoms with van der Waals surface area (Å²) in [6.07, 6.45) is -0.540. The van der Waals surface area contributed by atoms with Crippen molar-refractivity contribution in [1.82, 2.24) is 5.32 Å². The Morgan fingerprint density at radius 2 is 1.89 bits per heavy atom. The summed E-state index contributed by atoms with van der Waals surface area (Å²) in [5.41, 5.74) is 0.326. The summed E-state index contributed by atoms with van der Waals surface area (Å²) in [7, 11) is 2.86. The fourth-order valence-corrected chi connectivity index (χ4v) is 2.86. The first kappa shape index (κ1) is 19.3. The summed E-state index contributed by atoms with van der Waals surface area (Å²) in [6, 6.07) is 9.95. The Morgan fingerprint density at radius 1 is 1.21 bits per heavy atom. The number of nitrogens with zero attached hydrogens (tertiary/aromatic N) is 1. The van der Waals surface area contributed by atoms with Gasteiger partial charge in [-0.1, -0.05) is 12.1 Å². The molecule has 2 aromatic carbocycles. The topological polar surface area (TPSA) is 109 Å². The minimum atomic E-state index is -0.782. The first-order valence-electron chi connectivity index (χ1n) is 8.59. The van der Waals surface area contributed by atoms with Gasteiger partial charge in [0, 0.05) is 12.1 Å². The number of amides is 1. The number of ether oxygens (including phenoxy) is 4. The molecule has 28 heavy (non-hydrogen) atoms. The number of para-hydroxylation sites is 2. The molecule has 0 saturated heterocycles. The fourth-order valence-electron chi connectivity index (χ4n) is 2.86. The van der Waals surface area contributed by atoms with Crippen LogP contribution in [0.15, 0.2) is 36.4 Å². The lowest BCUT2D eigenvalue weighted by Crippen LogP contribution is -2.44. The van der Waals surface area contributed by atoms with Gasteiger partial charge in [-0.15, -0.1) is 0 Å². The third-order valence-corrected chi connectivity index (χ3v) is 4.28. The summed E-state index contributed by atoms with van der Waals surface area (Å²) < 4.78 is 21.5. The predicted octanol–water partition coefficient (Wildman–Crippen LogP) is 2.11. The van der Waals surface area contributed by atoms with E-state index in [1.807, 2.05) is 6.07 Å². The zero-order valence-electron chi connectivity index (χ0n) is 15.5. The van der Waals surface area contributed by atoms with Gasteiger partial charge in [0.05, 0.1) is 25.2 Å². The normalized spacial score (nSPS) is 14.9. The van der Waals surface area contributed by atoms with Crippen molar-refractivity contribution in [3.63, 3.8) is 0 Å². The molecule has 0 aliphatic carbocycles. The quantitative estimate of drug-likeness (QED) is 0.571. The van der Waals surface area contributed by atoms with Crippen LogP contribution in [0.1, 0.15) is 5.56 Å². The van der Waals surface area contributed by atoms with Crippen LogP contribution in [0.25, 0.3) is 0 Å². The molecule has 0 spiro atoms. The van der Waals surface area contributed by atoms with Gasteiger partial charge in [-0.05, 0) is 24.6 Å². The van der Waals surface area contributed by atoms with Crippen LogP contribution in [0, 0.1) is 10.1 Å². The molecule has 148 valence electrons. The predicted molar refractivity (Wildman–Crippen MR) is 99.3 cm³/mol. The number of hydrogen-bond donors (Lipinski definition) is 1. The molecule has 1 aliphatic rings. The van der Waals surface area contributed by atoms with Crippen LogP contribution in [0.4, 0.5) is 5.69 Å². The summed E-state index contributed by atoms with van der Waals surface area (Å²) in [5.74, 6) is 1.40. The van der Waals surface area contributed by atoms with E-state index < -0.39 is 11.0 Å². The van der Waals surface area contributed by atoms with Crippen LogP contribution >= 0.6 is 0 Å². The standard InChI is InChI=1S/C19H20N2O7/c1-25-16-9-12(13(21(23)24)10-17(16)26-2)7-8-20-19(22)18-11-27-14-5-3-4-6-15(14)28-18/h3-6,9-10,18H,7-8,11H2,1-2H3,(H,20,22)/t18-/m0/s1. The monoisotopic (exact) mass is 388 g/mol. The highest BCUT2D eigenvalue weighted by molar-refractivity contribution is 5.81. The Hall–Kier alpha value is -3.49. The van der Waals surface area contributed by atoms with Crippen molar-refractivity contribution in [2.45, 2.75) is 12.5 Å². The molecule has 1 heterocycles. The maximum absolute atomic E-state index is 12.3. The van der Waals surface area contributed by atoms with E-state index in [2.05, 4.69) is 5.32 Å². The minimum absolute atomic E-state index is 0.0966. The average Bonchev–Trinajstić information content (AvgIpc) is 2.72. The van der Waals surface area contributed by atoms with Crippen LogP contribution < -0.4 is 24.3 Å². The van der Waals surface area contributed by atoms with Crippen LogP contribution in [0.2, 0.25) is 0 Å². The summed E-state index contributed by atoms with van der Waals surface area (Å²) in [6.45, 7) is 0.288. The fraction of sp³-hybridized carbons (Fsp3) is 0.316. The number of nitrogens with one attached hydrogen (secondary N) is 1. The van der Waals surface area contributed by atoms with Crippen molar-refractivity contribution in [1.29, 1.82) is 0 Å². The van der Waals surface area contributed by atoms with E-state index in [0.717, 1.165) is 0 Å². The van der Waals surface area contributed by atoms with E-state index in [1.54, 1.807) is 24.3 Å². The zero-order valence-corrected chi connectivity index (χ0v) is 15.5. The molecule has 0 radical (unpaired) electrons. The van der Waals surface area contributed by atoms with E-state index in [9.17, 15) is 14.9 Å². The zero-order chi connectivity index (χ0) is 20.1. The number of methoxy groups -OCH3 is 2. The third kappa shape index (κ3) is 4.08. The van der Waals surface area contributed by atoms with E-state index in [-0.39, 0.29) is 36.9 Å². The van der Waals surface area contributed by atoms with Crippen molar-refractivity contribution in [3.8, 4) is 23.0 Å². The Kier molecular flexibility index (Phi) is 5.83. The lowest BCUT2D eigenvalue weighted by molar-refractivity contribution is -0.385. The molecular formula is C19H20N2O7. The molecule has 0 saturated carbocycles. The van der Waals surface area contributed by atoms with Crippen molar-refractivity contribution in [2.24, 2.45) is 0 Å². The molecule has 0 fully saturated rings. The summed E-state index contributed by atoms with van der Waals surface area (Å²) in [5, 5.41) is 14.1. The average molecular weight is 388 g/mol. The van der Waals surface area contributed by atoms with E-state index in [1.165, 1.54) is 20.3 Å². The van der Waals surface area contributed by atoms with Gasteiger partial charge in [0.15, 0.2) is 23.0 Å². The van der Waals surface area contributed by atoms with E-state index in [4.69, 9.17) is 18.9 Å². The lowest BCUT2D eigenvalue weighted by atomic mass is 10.1. The van der Waals surface area contributed by atoms with Crippen LogP contribution in [-0.2, 0) is 11.2 Å². The Bertz CT molecular complexity index is 885. The second-order valence-corrected chi connectivity index (χ2v) is 6.00. The number of nitro benzene ring substituents is 1. The number of rotatable bonds is 7. The molecule has 1 N–H and O–H groups in total. The van der Waals surface area contributed by atoms with Crippen molar-refractivity contribution < 1.29 is 28.7 Å². The van der Waals surface area contributed by atoms with Gasteiger partial charge in [-0.2, -0.15) is 0 Å². The molecule has 1 atom stereocenters. The molecular weight excluding hydrogens is 368 g/mol. The van der Waals surface area contributed by atoms with Crippen LogP contribution in [0.3, 0.4) is 0 Å². The molecule has 3 rings (SSSR count).